The Morgan fingerprint density at radius 2 is 2.00 bits per heavy atom. The minimum Gasteiger partial charge on any atom is -0.333 e. The van der Waals surface area contributed by atoms with Crippen molar-refractivity contribution in [3.05, 3.63) is 65.0 Å². The second-order valence-electron chi connectivity index (χ2n) is 6.52. The molecule has 1 aliphatic rings. The third-order valence-corrected chi connectivity index (χ3v) is 4.61. The molecule has 1 saturated heterocycles. The van der Waals surface area contributed by atoms with E-state index in [9.17, 15) is 14.0 Å². The van der Waals surface area contributed by atoms with Gasteiger partial charge < -0.3 is 15.5 Å². The van der Waals surface area contributed by atoms with E-state index in [0.29, 0.717) is 17.8 Å². The summed E-state index contributed by atoms with van der Waals surface area (Å²) in [5.74, 6) is -1.18. The predicted octanol–water partition coefficient (Wildman–Crippen LogP) is 2.82. The molecule has 6 heteroatoms. The number of piperazine rings is 1. The Morgan fingerprint density at radius 3 is 2.73 bits per heavy atom. The van der Waals surface area contributed by atoms with Crippen LogP contribution in [0.3, 0.4) is 0 Å². The van der Waals surface area contributed by atoms with Gasteiger partial charge in [0.2, 0.25) is 0 Å². The molecule has 5 nitrogen and oxygen atoms in total. The second kappa shape index (κ2) is 7.66. The number of hydrogen-bond acceptors (Lipinski definition) is 3. The van der Waals surface area contributed by atoms with Crippen molar-refractivity contribution in [2.24, 2.45) is 0 Å². The van der Waals surface area contributed by atoms with Gasteiger partial charge >= 0.3 is 0 Å². The molecule has 26 heavy (non-hydrogen) atoms. The van der Waals surface area contributed by atoms with Crippen molar-refractivity contribution >= 4 is 17.5 Å². The molecule has 136 valence electrons. The molecule has 2 aromatic rings. The Kier molecular flexibility index (Phi) is 5.32. The first kappa shape index (κ1) is 18.1. The lowest BCUT2D eigenvalue weighted by Gasteiger charge is -2.34. The second-order valence-corrected chi connectivity index (χ2v) is 6.52. The Morgan fingerprint density at radius 1 is 1.23 bits per heavy atom. The van der Waals surface area contributed by atoms with Crippen LogP contribution in [0.25, 0.3) is 0 Å². The summed E-state index contributed by atoms with van der Waals surface area (Å²) < 4.78 is 13.8. The minimum atomic E-state index is -0.579. The molecule has 2 N–H and O–H groups in total. The maximum absolute atomic E-state index is 13.8. The summed E-state index contributed by atoms with van der Waals surface area (Å²) in [5, 5.41) is 5.97. The van der Waals surface area contributed by atoms with Gasteiger partial charge in [0.05, 0.1) is 5.56 Å². The fourth-order valence-electron chi connectivity index (χ4n) is 3.03. The number of amides is 2. The topological polar surface area (TPSA) is 61.4 Å². The summed E-state index contributed by atoms with van der Waals surface area (Å²) in [6, 6.07) is 11.1. The summed E-state index contributed by atoms with van der Waals surface area (Å²) in [6.07, 6.45) is 0. The smallest absolute Gasteiger partial charge is 0.258 e. The van der Waals surface area contributed by atoms with E-state index in [4.69, 9.17) is 0 Å². The molecule has 0 radical (unpaired) electrons. The summed E-state index contributed by atoms with van der Waals surface area (Å²) in [5.41, 5.74) is 1.79. The van der Waals surface area contributed by atoms with Crippen molar-refractivity contribution in [2.75, 3.05) is 25.0 Å². The van der Waals surface area contributed by atoms with Gasteiger partial charge in [0.1, 0.15) is 5.82 Å². The largest absolute Gasteiger partial charge is 0.333 e. The van der Waals surface area contributed by atoms with E-state index in [1.165, 1.54) is 18.2 Å². The zero-order valence-electron chi connectivity index (χ0n) is 14.9. The van der Waals surface area contributed by atoms with Crippen molar-refractivity contribution in [1.82, 2.24) is 10.2 Å². The zero-order valence-corrected chi connectivity index (χ0v) is 14.9. The number of carbonyl (C=O) groups is 2. The van der Waals surface area contributed by atoms with Crippen LogP contribution in [0.5, 0.6) is 0 Å². The van der Waals surface area contributed by atoms with Gasteiger partial charge in [0, 0.05) is 36.9 Å². The van der Waals surface area contributed by atoms with Crippen molar-refractivity contribution in [2.45, 2.75) is 19.9 Å². The highest BCUT2D eigenvalue weighted by Crippen LogP contribution is 2.21. The van der Waals surface area contributed by atoms with E-state index < -0.39 is 11.7 Å². The van der Waals surface area contributed by atoms with Crippen molar-refractivity contribution in [3.8, 4) is 0 Å². The van der Waals surface area contributed by atoms with Crippen LogP contribution < -0.4 is 10.6 Å². The molecule has 2 aromatic carbocycles. The lowest BCUT2D eigenvalue weighted by Crippen LogP contribution is -2.52. The van der Waals surface area contributed by atoms with Crippen LogP contribution in [0, 0.1) is 12.7 Å². The highest BCUT2D eigenvalue weighted by Gasteiger charge is 2.24. The number of aryl methyl sites for hydroxylation is 1. The minimum absolute atomic E-state index is 0.0284. The molecule has 2 amide bonds. The lowest BCUT2D eigenvalue weighted by atomic mass is 10.1. The SMILES string of the molecule is Cc1ccc(C(=O)N2CCNC[C@H]2C)cc1NC(=O)c1ccccc1F. The van der Waals surface area contributed by atoms with Gasteiger partial charge in [0.15, 0.2) is 0 Å². The van der Waals surface area contributed by atoms with Gasteiger partial charge in [-0.15, -0.1) is 0 Å². The van der Waals surface area contributed by atoms with E-state index in [1.807, 2.05) is 18.7 Å². The summed E-state index contributed by atoms with van der Waals surface area (Å²) >= 11 is 0. The number of hydrogen-bond donors (Lipinski definition) is 2. The number of benzene rings is 2. The highest BCUT2D eigenvalue weighted by molar-refractivity contribution is 6.05. The molecule has 0 saturated carbocycles. The fraction of sp³-hybridized carbons (Fsp3) is 0.300. The molecule has 3 rings (SSSR count). The lowest BCUT2D eigenvalue weighted by molar-refractivity contribution is 0.0655. The van der Waals surface area contributed by atoms with E-state index in [0.717, 1.165) is 18.7 Å². The summed E-state index contributed by atoms with van der Waals surface area (Å²) in [6.45, 7) is 6.00. The molecule has 0 aromatic heterocycles. The van der Waals surface area contributed by atoms with Crippen LogP contribution in [0.4, 0.5) is 10.1 Å². The first-order valence-electron chi connectivity index (χ1n) is 8.65. The number of nitrogens with one attached hydrogen (secondary N) is 2. The Labute approximate surface area is 152 Å². The number of halogens is 1. The van der Waals surface area contributed by atoms with Crippen molar-refractivity contribution < 1.29 is 14.0 Å². The molecular weight excluding hydrogens is 333 g/mol. The average molecular weight is 355 g/mol. The zero-order chi connectivity index (χ0) is 18.7. The molecule has 1 fully saturated rings. The standard InChI is InChI=1S/C20H22FN3O2/c1-13-7-8-15(20(26)24-10-9-22-12-14(24)2)11-18(13)23-19(25)16-5-3-4-6-17(16)21/h3-8,11,14,22H,9-10,12H2,1-2H3,(H,23,25)/t14-/m1/s1. The van der Waals surface area contributed by atoms with Crippen LogP contribution in [0.2, 0.25) is 0 Å². The average Bonchev–Trinajstić information content (AvgIpc) is 2.63. The maximum Gasteiger partial charge on any atom is 0.258 e. The summed E-state index contributed by atoms with van der Waals surface area (Å²) in [4.78, 5) is 27.0. The molecule has 0 aliphatic carbocycles. The molecule has 1 heterocycles. The number of rotatable bonds is 3. The predicted molar refractivity (Wildman–Crippen MR) is 98.9 cm³/mol. The van der Waals surface area contributed by atoms with E-state index in [-0.39, 0.29) is 17.5 Å². The van der Waals surface area contributed by atoms with Gasteiger partial charge in [-0.3, -0.25) is 9.59 Å². The number of anilines is 1. The molecule has 0 unspecified atom stereocenters. The van der Waals surface area contributed by atoms with Crippen molar-refractivity contribution in [1.29, 1.82) is 0 Å². The molecule has 1 atom stereocenters. The quantitative estimate of drug-likeness (QED) is 0.890. The highest BCUT2D eigenvalue weighted by atomic mass is 19.1. The number of carbonyl (C=O) groups excluding carboxylic acids is 2. The van der Waals surface area contributed by atoms with Crippen LogP contribution >= 0.6 is 0 Å². The van der Waals surface area contributed by atoms with Gasteiger partial charge in [-0.2, -0.15) is 0 Å². The fourth-order valence-corrected chi connectivity index (χ4v) is 3.03. The third-order valence-electron chi connectivity index (χ3n) is 4.61. The van der Waals surface area contributed by atoms with Crippen LogP contribution in [0.15, 0.2) is 42.5 Å². The van der Waals surface area contributed by atoms with Crippen LogP contribution in [-0.4, -0.2) is 42.4 Å². The van der Waals surface area contributed by atoms with Crippen molar-refractivity contribution in [3.63, 3.8) is 0 Å². The Balaban J connectivity index is 1.83. The third kappa shape index (κ3) is 3.75. The molecular formula is C20H22FN3O2. The van der Waals surface area contributed by atoms with Crippen LogP contribution in [0.1, 0.15) is 33.2 Å². The molecule has 0 spiro atoms. The van der Waals surface area contributed by atoms with E-state index in [2.05, 4.69) is 10.6 Å². The Bertz CT molecular complexity index is 838. The first-order valence-corrected chi connectivity index (χ1v) is 8.65. The van der Waals surface area contributed by atoms with E-state index >= 15 is 0 Å². The van der Waals surface area contributed by atoms with Gasteiger partial charge in [-0.05, 0) is 43.7 Å². The Hall–Kier alpha value is -2.73. The summed E-state index contributed by atoms with van der Waals surface area (Å²) in [7, 11) is 0. The maximum atomic E-state index is 13.8. The molecule has 1 aliphatic heterocycles. The normalized spacial score (nSPS) is 17.0. The van der Waals surface area contributed by atoms with Gasteiger partial charge in [-0.25, -0.2) is 4.39 Å². The number of nitrogens with zero attached hydrogens (tertiary/aromatic N) is 1. The molecule has 0 bridgehead atoms. The van der Waals surface area contributed by atoms with Crippen LogP contribution in [-0.2, 0) is 0 Å². The van der Waals surface area contributed by atoms with E-state index in [1.54, 1.807) is 24.3 Å². The van der Waals surface area contributed by atoms with Gasteiger partial charge in [-0.1, -0.05) is 18.2 Å². The first-order chi connectivity index (χ1) is 12.5. The monoisotopic (exact) mass is 355 g/mol. The van der Waals surface area contributed by atoms with Gasteiger partial charge in [0.25, 0.3) is 11.8 Å².